The quantitative estimate of drug-likeness (QED) is 0.728. The maximum atomic E-state index is 11.6. The summed E-state index contributed by atoms with van der Waals surface area (Å²) in [4.78, 5) is 0. The van der Waals surface area contributed by atoms with E-state index >= 15 is 0 Å². The van der Waals surface area contributed by atoms with Crippen LogP contribution in [0.3, 0.4) is 0 Å². The molecule has 0 aliphatic rings. The third-order valence-corrected chi connectivity index (χ3v) is 5.39. The van der Waals surface area contributed by atoms with Gasteiger partial charge < -0.3 is 5.32 Å². The number of aromatic nitrogens is 2. The molecule has 0 fully saturated rings. The second-order valence-electron chi connectivity index (χ2n) is 5.43. The van der Waals surface area contributed by atoms with Crippen molar-refractivity contribution in [2.24, 2.45) is 0 Å². The van der Waals surface area contributed by atoms with Gasteiger partial charge in [-0.2, -0.15) is 5.10 Å². The lowest BCUT2D eigenvalue weighted by Gasteiger charge is -2.22. The maximum absolute atomic E-state index is 11.6. The van der Waals surface area contributed by atoms with Crippen LogP contribution in [0.25, 0.3) is 0 Å². The fourth-order valence-corrected chi connectivity index (χ4v) is 2.70. The Balaban J connectivity index is 2.35. The van der Waals surface area contributed by atoms with E-state index in [0.717, 1.165) is 5.56 Å². The van der Waals surface area contributed by atoms with E-state index in [1.165, 1.54) is 4.31 Å². The highest BCUT2D eigenvalue weighted by Crippen LogP contribution is 2.10. The van der Waals surface area contributed by atoms with E-state index in [2.05, 4.69) is 24.3 Å². The van der Waals surface area contributed by atoms with Gasteiger partial charge in [0, 0.05) is 26.3 Å². The van der Waals surface area contributed by atoms with E-state index in [1.54, 1.807) is 14.1 Å². The van der Waals surface area contributed by atoms with Crippen LogP contribution in [0.4, 0.5) is 0 Å². The van der Waals surface area contributed by atoms with Crippen molar-refractivity contribution in [1.82, 2.24) is 19.4 Å². The summed E-state index contributed by atoms with van der Waals surface area (Å²) in [5.41, 5.74) is 1.14. The Labute approximate surface area is 122 Å². The average Bonchev–Trinajstić information content (AvgIpc) is 2.80. The van der Waals surface area contributed by atoms with Crippen LogP contribution in [0.2, 0.25) is 0 Å². The molecule has 0 aliphatic carbocycles. The fourth-order valence-electron chi connectivity index (χ4n) is 1.82. The first-order valence-electron chi connectivity index (χ1n) is 6.88. The van der Waals surface area contributed by atoms with Crippen LogP contribution < -0.4 is 5.32 Å². The van der Waals surface area contributed by atoms with E-state index in [9.17, 15) is 8.42 Å². The lowest BCUT2D eigenvalue weighted by atomic mass is 10.1. The standard InChI is InChI=1S/C13H26N4O2S/c1-11-9-15-17(10-11)13(3)12(2)14-7-6-8-20(18,19)16(4)5/h9-10,12-14H,6-8H2,1-5H3/t12-,13-/m0/s1. The molecule has 1 rings (SSSR count). The van der Waals surface area contributed by atoms with Gasteiger partial charge in [-0.15, -0.1) is 0 Å². The molecule has 7 heteroatoms. The van der Waals surface area contributed by atoms with E-state index in [1.807, 2.05) is 24.0 Å². The zero-order valence-electron chi connectivity index (χ0n) is 13.0. The molecule has 116 valence electrons. The Morgan fingerprint density at radius 1 is 1.40 bits per heavy atom. The van der Waals surface area contributed by atoms with Crippen molar-refractivity contribution >= 4 is 10.0 Å². The van der Waals surface area contributed by atoms with Gasteiger partial charge in [0.2, 0.25) is 10.0 Å². The van der Waals surface area contributed by atoms with Crippen LogP contribution in [0, 0.1) is 6.92 Å². The van der Waals surface area contributed by atoms with Gasteiger partial charge in [0.05, 0.1) is 18.0 Å². The smallest absolute Gasteiger partial charge is 0.213 e. The van der Waals surface area contributed by atoms with Crippen LogP contribution in [0.1, 0.15) is 31.9 Å². The first-order chi connectivity index (χ1) is 9.24. The van der Waals surface area contributed by atoms with Crippen LogP contribution >= 0.6 is 0 Å². The summed E-state index contributed by atoms with van der Waals surface area (Å²) in [6.07, 6.45) is 4.46. The molecule has 1 aromatic rings. The first-order valence-corrected chi connectivity index (χ1v) is 8.49. The molecular formula is C13H26N4O2S. The third-order valence-electron chi connectivity index (χ3n) is 3.47. The molecule has 0 bridgehead atoms. The maximum Gasteiger partial charge on any atom is 0.213 e. The first kappa shape index (κ1) is 17.1. The lowest BCUT2D eigenvalue weighted by molar-refractivity contribution is 0.366. The van der Waals surface area contributed by atoms with Crippen molar-refractivity contribution < 1.29 is 8.42 Å². The minimum Gasteiger partial charge on any atom is -0.312 e. The van der Waals surface area contributed by atoms with Gasteiger partial charge in [-0.1, -0.05) is 0 Å². The molecule has 0 spiro atoms. The van der Waals surface area contributed by atoms with Gasteiger partial charge in [-0.3, -0.25) is 4.68 Å². The summed E-state index contributed by atoms with van der Waals surface area (Å²) < 4.78 is 26.4. The molecule has 0 aromatic carbocycles. The summed E-state index contributed by atoms with van der Waals surface area (Å²) in [7, 11) is 0.0366. The Hall–Kier alpha value is -0.920. The fraction of sp³-hybridized carbons (Fsp3) is 0.769. The normalized spacial score (nSPS) is 15.5. The molecule has 6 nitrogen and oxygen atoms in total. The molecular weight excluding hydrogens is 276 g/mol. The van der Waals surface area contributed by atoms with Crippen molar-refractivity contribution in [3.8, 4) is 0 Å². The molecule has 0 aliphatic heterocycles. The predicted octanol–water partition coefficient (Wildman–Crippen LogP) is 1.01. The molecule has 0 radical (unpaired) electrons. The Morgan fingerprint density at radius 2 is 2.05 bits per heavy atom. The van der Waals surface area contributed by atoms with Crippen LogP contribution in [-0.4, -0.2) is 54.9 Å². The van der Waals surface area contributed by atoms with Gasteiger partial charge in [0.25, 0.3) is 0 Å². The summed E-state index contributed by atoms with van der Waals surface area (Å²) in [5.74, 6) is 0.176. The Morgan fingerprint density at radius 3 is 2.55 bits per heavy atom. The van der Waals surface area contributed by atoms with Crippen molar-refractivity contribution in [3.63, 3.8) is 0 Å². The van der Waals surface area contributed by atoms with Crippen LogP contribution in [-0.2, 0) is 10.0 Å². The topological polar surface area (TPSA) is 67.2 Å². The van der Waals surface area contributed by atoms with E-state index in [4.69, 9.17) is 0 Å². The zero-order chi connectivity index (χ0) is 15.3. The molecule has 0 saturated heterocycles. The average molecular weight is 302 g/mol. The highest BCUT2D eigenvalue weighted by Gasteiger charge is 2.16. The number of hydrogen-bond donors (Lipinski definition) is 1. The molecule has 1 N–H and O–H groups in total. The van der Waals surface area contributed by atoms with Crippen LogP contribution in [0.5, 0.6) is 0 Å². The summed E-state index contributed by atoms with van der Waals surface area (Å²) >= 11 is 0. The van der Waals surface area contributed by atoms with Gasteiger partial charge in [-0.05, 0) is 39.3 Å². The second-order valence-corrected chi connectivity index (χ2v) is 7.74. The highest BCUT2D eigenvalue weighted by atomic mass is 32.2. The van der Waals surface area contributed by atoms with Gasteiger partial charge in [0.15, 0.2) is 0 Å². The SMILES string of the molecule is Cc1cnn([C@@H](C)[C@H](C)NCCCS(=O)(=O)N(C)C)c1. The van der Waals surface area contributed by atoms with Gasteiger partial charge >= 0.3 is 0 Å². The molecule has 0 amide bonds. The molecule has 1 heterocycles. The summed E-state index contributed by atoms with van der Waals surface area (Å²) in [5, 5.41) is 7.66. The minimum atomic E-state index is -3.09. The van der Waals surface area contributed by atoms with Crippen molar-refractivity contribution in [2.75, 3.05) is 26.4 Å². The molecule has 1 aromatic heterocycles. The monoisotopic (exact) mass is 302 g/mol. The summed E-state index contributed by atoms with van der Waals surface area (Å²) in [6.45, 7) is 6.88. The number of aryl methyl sites for hydroxylation is 1. The second kappa shape index (κ2) is 7.19. The Bertz CT molecular complexity index is 510. The predicted molar refractivity (Wildman–Crippen MR) is 81.2 cm³/mol. The number of rotatable bonds is 8. The highest BCUT2D eigenvalue weighted by molar-refractivity contribution is 7.89. The third kappa shape index (κ3) is 4.88. The molecule has 0 unspecified atom stereocenters. The van der Waals surface area contributed by atoms with Crippen LogP contribution in [0.15, 0.2) is 12.4 Å². The molecule has 20 heavy (non-hydrogen) atoms. The molecule has 2 atom stereocenters. The van der Waals surface area contributed by atoms with Crippen molar-refractivity contribution in [3.05, 3.63) is 18.0 Å². The van der Waals surface area contributed by atoms with E-state index < -0.39 is 10.0 Å². The van der Waals surface area contributed by atoms with Crippen molar-refractivity contribution in [1.29, 1.82) is 0 Å². The number of nitrogens with one attached hydrogen (secondary N) is 1. The number of hydrogen-bond acceptors (Lipinski definition) is 4. The van der Waals surface area contributed by atoms with Gasteiger partial charge in [-0.25, -0.2) is 12.7 Å². The van der Waals surface area contributed by atoms with E-state index in [0.29, 0.717) is 13.0 Å². The summed E-state index contributed by atoms with van der Waals surface area (Å²) in [6, 6.07) is 0.463. The van der Waals surface area contributed by atoms with E-state index in [-0.39, 0.29) is 17.8 Å². The lowest BCUT2D eigenvalue weighted by Crippen LogP contribution is -2.35. The van der Waals surface area contributed by atoms with Gasteiger partial charge in [0.1, 0.15) is 0 Å². The zero-order valence-corrected chi connectivity index (χ0v) is 13.8. The Kier molecular flexibility index (Phi) is 6.16. The number of nitrogens with zero attached hydrogens (tertiary/aromatic N) is 3. The largest absolute Gasteiger partial charge is 0.312 e. The molecule has 0 saturated carbocycles. The van der Waals surface area contributed by atoms with Crippen molar-refractivity contribution in [2.45, 2.75) is 39.3 Å². The number of sulfonamides is 1. The minimum absolute atomic E-state index is 0.176.